The van der Waals surface area contributed by atoms with Crippen molar-refractivity contribution in [2.45, 2.75) is 24.4 Å². The highest BCUT2D eigenvalue weighted by Crippen LogP contribution is 2.29. The fourth-order valence-corrected chi connectivity index (χ4v) is 4.21. The van der Waals surface area contributed by atoms with E-state index in [0.717, 1.165) is 11.6 Å². The molecule has 0 saturated heterocycles. The monoisotopic (exact) mass is 320 g/mol. The number of para-hydroxylation sites is 1. The summed E-state index contributed by atoms with van der Waals surface area (Å²) in [5, 5.41) is 3.29. The van der Waals surface area contributed by atoms with Gasteiger partial charge >= 0.3 is 0 Å². The summed E-state index contributed by atoms with van der Waals surface area (Å²) < 4.78 is 40.6. The minimum Gasteiger partial charge on any atom is -0.308 e. The molecule has 0 spiro atoms. The van der Waals surface area contributed by atoms with Gasteiger partial charge in [0.15, 0.2) is 0 Å². The lowest BCUT2D eigenvalue weighted by atomic mass is 10.2. The lowest BCUT2D eigenvalue weighted by Crippen LogP contribution is -2.39. The van der Waals surface area contributed by atoms with E-state index >= 15 is 0 Å². The van der Waals surface area contributed by atoms with E-state index in [2.05, 4.69) is 5.32 Å². The van der Waals surface area contributed by atoms with E-state index in [-0.39, 0.29) is 10.9 Å². The van der Waals surface area contributed by atoms with Gasteiger partial charge in [0.05, 0.1) is 10.6 Å². The average Bonchev–Trinajstić information content (AvgIpc) is 2.67. The van der Waals surface area contributed by atoms with Crippen LogP contribution in [-0.2, 0) is 16.6 Å². The van der Waals surface area contributed by atoms with Gasteiger partial charge in [-0.1, -0.05) is 24.3 Å². The SMILES string of the molecule is CC1CN(S(=O)(=O)c2cccc(F)c2)c2ccccc2CN1. The highest BCUT2D eigenvalue weighted by Gasteiger charge is 2.30. The molecule has 2 aromatic rings. The van der Waals surface area contributed by atoms with Crippen molar-refractivity contribution in [2.24, 2.45) is 0 Å². The molecule has 1 aliphatic heterocycles. The molecule has 0 radical (unpaired) electrons. The third-order valence-corrected chi connectivity index (χ3v) is 5.50. The van der Waals surface area contributed by atoms with Gasteiger partial charge in [-0.3, -0.25) is 4.31 Å². The van der Waals surface area contributed by atoms with Gasteiger partial charge in [0.2, 0.25) is 0 Å². The quantitative estimate of drug-likeness (QED) is 0.925. The molecule has 1 aliphatic rings. The lowest BCUT2D eigenvalue weighted by Gasteiger charge is -2.26. The smallest absolute Gasteiger partial charge is 0.264 e. The van der Waals surface area contributed by atoms with Gasteiger partial charge in [0.1, 0.15) is 5.82 Å². The third kappa shape index (κ3) is 2.71. The zero-order valence-electron chi connectivity index (χ0n) is 12.2. The zero-order valence-corrected chi connectivity index (χ0v) is 13.0. The Balaban J connectivity index is 2.12. The van der Waals surface area contributed by atoms with Crippen LogP contribution in [-0.4, -0.2) is 21.0 Å². The van der Waals surface area contributed by atoms with Gasteiger partial charge in [0, 0.05) is 19.1 Å². The second-order valence-corrected chi connectivity index (χ2v) is 7.27. The molecule has 0 aromatic heterocycles. The van der Waals surface area contributed by atoms with E-state index in [1.54, 1.807) is 6.07 Å². The summed E-state index contributed by atoms with van der Waals surface area (Å²) in [6.45, 7) is 2.84. The second-order valence-electron chi connectivity index (χ2n) is 5.40. The first-order valence-electron chi connectivity index (χ1n) is 7.08. The summed E-state index contributed by atoms with van der Waals surface area (Å²) in [6, 6.07) is 12.5. The van der Waals surface area contributed by atoms with Crippen LogP contribution >= 0.6 is 0 Å². The summed E-state index contributed by atoms with van der Waals surface area (Å²) in [7, 11) is -3.80. The summed E-state index contributed by atoms with van der Waals surface area (Å²) in [4.78, 5) is -0.0311. The van der Waals surface area contributed by atoms with E-state index in [4.69, 9.17) is 0 Å². The van der Waals surface area contributed by atoms with Crippen LogP contribution in [0.25, 0.3) is 0 Å². The maximum atomic E-state index is 13.4. The first-order valence-corrected chi connectivity index (χ1v) is 8.52. The molecule has 1 atom stereocenters. The van der Waals surface area contributed by atoms with Crippen LogP contribution in [0.3, 0.4) is 0 Å². The topological polar surface area (TPSA) is 49.4 Å². The molecule has 0 amide bonds. The number of halogens is 1. The molecule has 3 rings (SSSR count). The van der Waals surface area contributed by atoms with Crippen LogP contribution in [0.5, 0.6) is 0 Å². The standard InChI is InChI=1S/C16H17FN2O2S/c1-12-11-19(16-8-3-2-5-13(16)10-18-12)22(20,21)15-7-4-6-14(17)9-15/h2-9,12,18H,10-11H2,1H3. The van der Waals surface area contributed by atoms with Gasteiger partial charge in [-0.15, -0.1) is 0 Å². The Kier molecular flexibility index (Phi) is 3.88. The van der Waals surface area contributed by atoms with Crippen LogP contribution in [0.2, 0.25) is 0 Å². The molecule has 0 saturated carbocycles. The molecule has 4 nitrogen and oxygen atoms in total. The van der Waals surface area contributed by atoms with Crippen LogP contribution in [0.1, 0.15) is 12.5 Å². The van der Waals surface area contributed by atoms with Gasteiger partial charge < -0.3 is 5.32 Å². The predicted molar refractivity (Wildman–Crippen MR) is 83.7 cm³/mol. The van der Waals surface area contributed by atoms with E-state index in [9.17, 15) is 12.8 Å². The van der Waals surface area contributed by atoms with Crippen molar-refractivity contribution in [3.63, 3.8) is 0 Å². The maximum absolute atomic E-state index is 13.4. The molecule has 1 heterocycles. The Morgan fingerprint density at radius 1 is 1.18 bits per heavy atom. The van der Waals surface area contributed by atoms with Crippen LogP contribution in [0.4, 0.5) is 10.1 Å². The number of hydrogen-bond acceptors (Lipinski definition) is 3. The Bertz CT molecular complexity index is 792. The Morgan fingerprint density at radius 3 is 2.73 bits per heavy atom. The number of nitrogens with one attached hydrogen (secondary N) is 1. The van der Waals surface area contributed by atoms with E-state index in [1.807, 2.05) is 25.1 Å². The number of fused-ring (bicyclic) bond motifs is 1. The first-order chi connectivity index (χ1) is 10.5. The first kappa shape index (κ1) is 15.0. The molecule has 22 heavy (non-hydrogen) atoms. The molecule has 2 aromatic carbocycles. The average molecular weight is 320 g/mol. The van der Waals surface area contributed by atoms with Crippen molar-refractivity contribution in [2.75, 3.05) is 10.8 Å². The van der Waals surface area contributed by atoms with E-state index < -0.39 is 15.8 Å². The van der Waals surface area contributed by atoms with Crippen molar-refractivity contribution in [1.82, 2.24) is 5.32 Å². The Morgan fingerprint density at radius 2 is 1.95 bits per heavy atom. The fraction of sp³-hybridized carbons (Fsp3) is 0.250. The molecular weight excluding hydrogens is 303 g/mol. The predicted octanol–water partition coefficient (Wildman–Crippen LogP) is 2.51. The minimum absolute atomic E-state index is 0.00395. The summed E-state index contributed by atoms with van der Waals surface area (Å²) in [6.07, 6.45) is 0. The van der Waals surface area contributed by atoms with Crippen LogP contribution in [0, 0.1) is 5.82 Å². The van der Waals surface area contributed by atoms with Gasteiger partial charge in [-0.25, -0.2) is 12.8 Å². The lowest BCUT2D eigenvalue weighted by molar-refractivity contribution is 0.555. The van der Waals surface area contributed by atoms with Crippen LogP contribution in [0.15, 0.2) is 53.4 Å². The number of benzene rings is 2. The van der Waals surface area contributed by atoms with Crippen molar-refractivity contribution < 1.29 is 12.8 Å². The fourth-order valence-electron chi connectivity index (χ4n) is 2.58. The van der Waals surface area contributed by atoms with E-state index in [0.29, 0.717) is 18.8 Å². The van der Waals surface area contributed by atoms with Crippen LogP contribution < -0.4 is 9.62 Å². The van der Waals surface area contributed by atoms with Crippen molar-refractivity contribution in [3.8, 4) is 0 Å². The molecular formula is C16H17FN2O2S. The van der Waals surface area contributed by atoms with Crippen molar-refractivity contribution in [3.05, 3.63) is 59.9 Å². The van der Waals surface area contributed by atoms with Gasteiger partial charge in [-0.2, -0.15) is 0 Å². The number of sulfonamides is 1. The normalized spacial score (nSPS) is 18.6. The Labute approximate surface area is 129 Å². The van der Waals surface area contributed by atoms with Crippen molar-refractivity contribution >= 4 is 15.7 Å². The van der Waals surface area contributed by atoms with Gasteiger partial charge in [0.25, 0.3) is 10.0 Å². The molecule has 0 bridgehead atoms. The summed E-state index contributed by atoms with van der Waals surface area (Å²) >= 11 is 0. The second kappa shape index (κ2) is 5.70. The summed E-state index contributed by atoms with van der Waals surface area (Å²) in [5.41, 5.74) is 1.55. The molecule has 1 unspecified atom stereocenters. The Hall–Kier alpha value is -1.92. The highest BCUT2D eigenvalue weighted by atomic mass is 32.2. The largest absolute Gasteiger partial charge is 0.308 e. The number of rotatable bonds is 2. The number of hydrogen-bond donors (Lipinski definition) is 1. The summed E-state index contributed by atoms with van der Waals surface area (Å²) in [5.74, 6) is -0.560. The molecule has 0 aliphatic carbocycles. The minimum atomic E-state index is -3.80. The zero-order chi connectivity index (χ0) is 15.7. The number of anilines is 1. The van der Waals surface area contributed by atoms with Gasteiger partial charge in [-0.05, 0) is 36.8 Å². The number of nitrogens with zero attached hydrogens (tertiary/aromatic N) is 1. The molecule has 116 valence electrons. The molecule has 1 N–H and O–H groups in total. The molecule has 6 heteroatoms. The maximum Gasteiger partial charge on any atom is 0.264 e. The highest BCUT2D eigenvalue weighted by molar-refractivity contribution is 7.92. The van der Waals surface area contributed by atoms with Crippen molar-refractivity contribution in [1.29, 1.82) is 0 Å². The van der Waals surface area contributed by atoms with E-state index in [1.165, 1.54) is 22.5 Å². The third-order valence-electron chi connectivity index (χ3n) is 3.73. The molecule has 0 fully saturated rings.